The molecule has 1 aromatic rings. The molecule has 1 heterocycles. The molecule has 0 unspecified atom stereocenters. The summed E-state index contributed by atoms with van der Waals surface area (Å²) in [5.74, 6) is -0.167. The van der Waals surface area contributed by atoms with Gasteiger partial charge in [0.15, 0.2) is 6.20 Å². The fraction of sp³-hybridized carbons (Fsp3) is 0. The molecule has 6 heteroatoms. The number of hydrogen-bond donors (Lipinski definition) is 0. The molecule has 0 radical (unpaired) electrons. The number of aromatic nitrogens is 1. The Morgan fingerprint density at radius 2 is 2.09 bits per heavy atom. The minimum Gasteiger partial charge on any atom is -0.358 e. The molecule has 0 aromatic carbocycles. The van der Waals surface area contributed by atoms with Gasteiger partial charge in [-0.25, -0.2) is 0 Å². The van der Waals surface area contributed by atoms with Crippen molar-refractivity contribution >= 4 is 37.7 Å². The van der Waals surface area contributed by atoms with Crippen LogP contribution in [0.1, 0.15) is 0 Å². The van der Waals surface area contributed by atoms with Crippen LogP contribution in [0.15, 0.2) is 21.2 Å². The van der Waals surface area contributed by atoms with E-state index in [1.54, 1.807) is 0 Å². The van der Waals surface area contributed by atoms with Crippen LogP contribution in [0.5, 0.6) is 0 Å². The van der Waals surface area contributed by atoms with Crippen molar-refractivity contribution in [3.63, 3.8) is 0 Å². The Kier molecular flexibility index (Phi) is 2.56. The molecule has 11 heavy (non-hydrogen) atoms. The molecule has 0 fully saturated rings. The van der Waals surface area contributed by atoms with Crippen molar-refractivity contribution in [3.05, 3.63) is 31.3 Å². The zero-order valence-electron chi connectivity index (χ0n) is 5.12. The van der Waals surface area contributed by atoms with E-state index in [0.717, 1.165) is 0 Å². The normalized spacial score (nSPS) is 9.64. The van der Waals surface area contributed by atoms with E-state index in [1.807, 2.05) is 0 Å². The zero-order chi connectivity index (χ0) is 8.43. The standard InChI is InChI=1S/C5H2Br2N2O2/c6-3-1-5(9(10)11)8-2-4(3)7/h1-2H. The molecule has 1 rings (SSSR count). The first-order valence-electron chi connectivity index (χ1n) is 2.56. The van der Waals surface area contributed by atoms with Crippen LogP contribution in [0.4, 0.5) is 5.82 Å². The SMILES string of the molecule is O=[N+]([O-])c1cc(Br)c(Br)cn1. The topological polar surface area (TPSA) is 56.0 Å². The molecule has 0 atom stereocenters. The third-order valence-corrected chi connectivity index (χ3v) is 2.80. The third-order valence-electron chi connectivity index (χ3n) is 0.981. The Hall–Kier alpha value is -0.490. The van der Waals surface area contributed by atoms with Gasteiger partial charge in [0.2, 0.25) is 0 Å². The molecule has 0 aliphatic heterocycles. The predicted octanol–water partition coefficient (Wildman–Crippen LogP) is 2.51. The molecule has 4 nitrogen and oxygen atoms in total. The first kappa shape index (κ1) is 8.61. The van der Waals surface area contributed by atoms with E-state index in [2.05, 4.69) is 36.8 Å². The van der Waals surface area contributed by atoms with Crippen LogP contribution in [0.25, 0.3) is 0 Å². The Morgan fingerprint density at radius 1 is 1.45 bits per heavy atom. The lowest BCUT2D eigenvalue weighted by Gasteiger charge is -1.92. The van der Waals surface area contributed by atoms with E-state index in [4.69, 9.17) is 0 Å². The number of rotatable bonds is 1. The summed E-state index contributed by atoms with van der Waals surface area (Å²) >= 11 is 6.27. The van der Waals surface area contributed by atoms with Crippen LogP contribution in [0, 0.1) is 10.1 Å². The first-order valence-corrected chi connectivity index (χ1v) is 4.15. The summed E-state index contributed by atoms with van der Waals surface area (Å²) in [5.41, 5.74) is 0. The second kappa shape index (κ2) is 3.27. The van der Waals surface area contributed by atoms with Gasteiger partial charge >= 0.3 is 5.82 Å². The molecule has 0 saturated heterocycles. The van der Waals surface area contributed by atoms with E-state index >= 15 is 0 Å². The molecular weight excluding hydrogens is 280 g/mol. The third kappa shape index (κ3) is 1.97. The number of nitrogens with zero attached hydrogens (tertiary/aromatic N) is 2. The number of halogens is 2. The van der Waals surface area contributed by atoms with E-state index in [1.165, 1.54) is 12.3 Å². The fourth-order valence-corrected chi connectivity index (χ4v) is 1.03. The van der Waals surface area contributed by atoms with Crippen LogP contribution >= 0.6 is 31.9 Å². The van der Waals surface area contributed by atoms with Crippen molar-refractivity contribution in [2.45, 2.75) is 0 Å². The number of pyridine rings is 1. The maximum atomic E-state index is 10.2. The molecule has 58 valence electrons. The van der Waals surface area contributed by atoms with Crippen molar-refractivity contribution < 1.29 is 4.92 Å². The average molecular weight is 282 g/mol. The minimum atomic E-state index is -0.544. The van der Waals surface area contributed by atoms with Gasteiger partial charge in [0.05, 0.1) is 10.5 Å². The first-order chi connectivity index (χ1) is 5.11. The minimum absolute atomic E-state index is 0.167. The molecule has 0 aliphatic rings. The zero-order valence-corrected chi connectivity index (χ0v) is 8.29. The van der Waals surface area contributed by atoms with Gasteiger partial charge in [-0.15, -0.1) is 0 Å². The van der Waals surface area contributed by atoms with Crippen molar-refractivity contribution in [3.8, 4) is 0 Å². The highest BCUT2D eigenvalue weighted by Gasteiger charge is 2.08. The summed E-state index contributed by atoms with van der Waals surface area (Å²) < 4.78 is 1.32. The van der Waals surface area contributed by atoms with Gasteiger partial charge in [-0.1, -0.05) is 0 Å². The van der Waals surface area contributed by atoms with Gasteiger partial charge in [-0.05, 0) is 41.8 Å². The van der Waals surface area contributed by atoms with Gasteiger partial charge in [0.1, 0.15) is 0 Å². The fourth-order valence-electron chi connectivity index (χ4n) is 0.504. The molecule has 0 amide bonds. The predicted molar refractivity (Wildman–Crippen MR) is 46.3 cm³/mol. The maximum absolute atomic E-state index is 10.2. The van der Waals surface area contributed by atoms with Gasteiger partial charge in [0, 0.05) is 4.47 Å². The van der Waals surface area contributed by atoms with Gasteiger partial charge in [0.25, 0.3) is 0 Å². The smallest absolute Gasteiger partial charge is 0.358 e. The Labute approximate surface area is 79.0 Å². The number of nitro groups is 1. The molecule has 0 N–H and O–H groups in total. The molecule has 0 spiro atoms. The van der Waals surface area contributed by atoms with Crippen molar-refractivity contribution in [2.24, 2.45) is 0 Å². The second-order valence-electron chi connectivity index (χ2n) is 1.71. The highest BCUT2D eigenvalue weighted by atomic mass is 79.9. The summed E-state index contributed by atoms with van der Waals surface area (Å²) in [7, 11) is 0. The van der Waals surface area contributed by atoms with E-state index in [0.29, 0.717) is 8.95 Å². The van der Waals surface area contributed by atoms with Gasteiger partial charge < -0.3 is 10.1 Å². The van der Waals surface area contributed by atoms with Crippen molar-refractivity contribution in [1.29, 1.82) is 0 Å². The van der Waals surface area contributed by atoms with Crippen molar-refractivity contribution in [2.75, 3.05) is 0 Å². The quantitative estimate of drug-likeness (QED) is 0.587. The Balaban J connectivity index is 3.15. The maximum Gasteiger partial charge on any atom is 0.364 e. The summed E-state index contributed by atoms with van der Waals surface area (Å²) in [6, 6.07) is 1.34. The average Bonchev–Trinajstić information content (AvgIpc) is 1.94. The summed E-state index contributed by atoms with van der Waals surface area (Å²) in [6.45, 7) is 0. The van der Waals surface area contributed by atoms with Gasteiger partial charge in [-0.3, -0.25) is 0 Å². The summed E-state index contributed by atoms with van der Waals surface area (Å²) in [5, 5.41) is 10.2. The van der Waals surface area contributed by atoms with Crippen LogP contribution in [-0.2, 0) is 0 Å². The lowest BCUT2D eigenvalue weighted by atomic mass is 10.5. The largest absolute Gasteiger partial charge is 0.364 e. The van der Waals surface area contributed by atoms with E-state index in [9.17, 15) is 10.1 Å². The lowest BCUT2D eigenvalue weighted by Crippen LogP contribution is -1.90. The van der Waals surface area contributed by atoms with Crippen LogP contribution < -0.4 is 0 Å². The Bertz CT molecular complexity index is 303. The Morgan fingerprint density at radius 3 is 2.55 bits per heavy atom. The van der Waals surface area contributed by atoms with Crippen molar-refractivity contribution in [1.82, 2.24) is 4.98 Å². The number of hydrogen-bond acceptors (Lipinski definition) is 3. The highest BCUT2D eigenvalue weighted by Crippen LogP contribution is 2.24. The highest BCUT2D eigenvalue weighted by molar-refractivity contribution is 9.13. The molecular formula is C5H2Br2N2O2. The van der Waals surface area contributed by atoms with E-state index in [-0.39, 0.29) is 5.82 Å². The van der Waals surface area contributed by atoms with Crippen LogP contribution in [-0.4, -0.2) is 9.91 Å². The summed E-state index contributed by atoms with van der Waals surface area (Å²) in [6.07, 6.45) is 1.38. The van der Waals surface area contributed by atoms with E-state index < -0.39 is 4.92 Å². The molecule has 1 aromatic heterocycles. The lowest BCUT2D eigenvalue weighted by molar-refractivity contribution is -0.389. The van der Waals surface area contributed by atoms with Crippen LogP contribution in [0.2, 0.25) is 0 Å². The molecule has 0 bridgehead atoms. The molecule has 0 aliphatic carbocycles. The molecule has 0 saturated carbocycles. The van der Waals surface area contributed by atoms with Gasteiger partial charge in [-0.2, -0.15) is 0 Å². The summed E-state index contributed by atoms with van der Waals surface area (Å²) in [4.78, 5) is 13.2. The second-order valence-corrected chi connectivity index (χ2v) is 3.42. The monoisotopic (exact) mass is 280 g/mol. The van der Waals surface area contributed by atoms with Crippen LogP contribution in [0.3, 0.4) is 0 Å².